The zero-order valence-electron chi connectivity index (χ0n) is 20.0. The van der Waals surface area contributed by atoms with Gasteiger partial charge in [-0.2, -0.15) is 5.26 Å². The Bertz CT molecular complexity index is 1450. The third-order valence-corrected chi connectivity index (χ3v) is 9.71. The van der Waals surface area contributed by atoms with Gasteiger partial charge in [-0.05, 0) is 98.2 Å². The summed E-state index contributed by atoms with van der Waals surface area (Å²) in [6, 6.07) is 21.7. The second kappa shape index (κ2) is 10.5. The lowest BCUT2D eigenvalue weighted by molar-refractivity contribution is 0.309. The minimum Gasteiger partial charge on any atom is -0.364 e. The minimum absolute atomic E-state index is 0.0720. The fourth-order valence-electron chi connectivity index (χ4n) is 5.35. The molecule has 1 saturated carbocycles. The van der Waals surface area contributed by atoms with Gasteiger partial charge >= 0.3 is 0 Å². The summed E-state index contributed by atoms with van der Waals surface area (Å²) in [5.74, 6) is 0.286. The van der Waals surface area contributed by atoms with Crippen LogP contribution in [0.3, 0.4) is 0 Å². The van der Waals surface area contributed by atoms with Crippen LogP contribution in [0.2, 0.25) is 15.1 Å². The van der Waals surface area contributed by atoms with Gasteiger partial charge in [-0.3, -0.25) is 0 Å². The summed E-state index contributed by atoms with van der Waals surface area (Å²) >= 11 is 18.9. The molecule has 1 aliphatic carbocycles. The molecule has 2 atom stereocenters. The highest BCUT2D eigenvalue weighted by Gasteiger charge is 2.48. The van der Waals surface area contributed by atoms with Crippen molar-refractivity contribution in [2.24, 2.45) is 5.92 Å². The topological polar surface area (TPSA) is 73.2 Å². The number of sulfonamides is 1. The third kappa shape index (κ3) is 5.92. The Morgan fingerprint density at radius 2 is 1.70 bits per heavy atom. The number of nitriles is 1. The zero-order chi connectivity index (χ0) is 26.2. The predicted octanol–water partition coefficient (Wildman–Crippen LogP) is 7.38. The van der Waals surface area contributed by atoms with E-state index in [9.17, 15) is 8.42 Å². The van der Waals surface area contributed by atoms with Crippen LogP contribution in [0.1, 0.15) is 49.3 Å². The standard InChI is InChI=1S/C28H26Cl3N3O2S/c29-21-5-8-23(9-6-21)34-18-20(4-11-27(34)25-10-7-22(30)15-26(25)31)16-28(12-13-28)33-37(35,36)24-3-1-2-19(14-24)17-32/h1-3,5-10,14-15,20,27,33H,4,11-13,16,18H2/t20-,27-/m0/s1. The summed E-state index contributed by atoms with van der Waals surface area (Å²) in [5, 5.41) is 11.1. The van der Waals surface area contributed by atoms with E-state index in [1.54, 1.807) is 18.2 Å². The first-order valence-electron chi connectivity index (χ1n) is 12.2. The van der Waals surface area contributed by atoms with Crippen LogP contribution >= 0.6 is 34.8 Å². The summed E-state index contributed by atoms with van der Waals surface area (Å²) in [5.41, 5.74) is 1.94. The molecule has 0 unspecified atom stereocenters. The number of halogens is 3. The molecule has 0 radical (unpaired) electrons. The van der Waals surface area contributed by atoms with Crippen molar-refractivity contribution in [2.45, 2.75) is 48.6 Å². The van der Waals surface area contributed by atoms with E-state index in [0.29, 0.717) is 20.6 Å². The molecule has 5 rings (SSSR count). The lowest BCUT2D eigenvalue weighted by Crippen LogP contribution is -2.43. The van der Waals surface area contributed by atoms with Gasteiger partial charge in [0.15, 0.2) is 0 Å². The fourth-order valence-corrected chi connectivity index (χ4v) is 7.53. The van der Waals surface area contributed by atoms with Crippen molar-refractivity contribution in [1.82, 2.24) is 4.72 Å². The molecule has 0 aromatic heterocycles. The molecule has 2 aliphatic rings. The first kappa shape index (κ1) is 26.3. The van der Waals surface area contributed by atoms with Crippen LogP contribution in [-0.4, -0.2) is 20.5 Å². The Hall–Kier alpha value is -2.27. The summed E-state index contributed by atoms with van der Waals surface area (Å²) in [6.45, 7) is 0.763. The molecule has 3 aromatic rings. The van der Waals surface area contributed by atoms with E-state index in [2.05, 4.69) is 9.62 Å². The Labute approximate surface area is 233 Å². The van der Waals surface area contributed by atoms with E-state index in [1.165, 1.54) is 12.1 Å². The lowest BCUT2D eigenvalue weighted by Gasteiger charge is -2.43. The van der Waals surface area contributed by atoms with Crippen molar-refractivity contribution < 1.29 is 8.42 Å². The predicted molar refractivity (Wildman–Crippen MR) is 149 cm³/mol. The summed E-state index contributed by atoms with van der Waals surface area (Å²) < 4.78 is 29.3. The van der Waals surface area contributed by atoms with Crippen LogP contribution < -0.4 is 9.62 Å². The van der Waals surface area contributed by atoms with Crippen molar-refractivity contribution in [3.63, 3.8) is 0 Å². The van der Waals surface area contributed by atoms with Crippen LogP contribution in [0.5, 0.6) is 0 Å². The maximum atomic E-state index is 13.1. The van der Waals surface area contributed by atoms with E-state index < -0.39 is 15.6 Å². The van der Waals surface area contributed by atoms with Crippen LogP contribution in [0.15, 0.2) is 71.6 Å². The Morgan fingerprint density at radius 1 is 0.973 bits per heavy atom. The second-order valence-electron chi connectivity index (χ2n) is 9.98. The van der Waals surface area contributed by atoms with Crippen LogP contribution in [0.25, 0.3) is 0 Å². The number of piperidine rings is 1. The van der Waals surface area contributed by atoms with Gasteiger partial charge in [0.2, 0.25) is 10.0 Å². The van der Waals surface area contributed by atoms with Gasteiger partial charge in [0, 0.05) is 32.8 Å². The van der Waals surface area contributed by atoms with E-state index >= 15 is 0 Å². The van der Waals surface area contributed by atoms with E-state index in [1.807, 2.05) is 42.5 Å². The van der Waals surface area contributed by atoms with Crippen molar-refractivity contribution in [3.05, 3.63) is 92.9 Å². The van der Waals surface area contributed by atoms with E-state index in [0.717, 1.165) is 49.9 Å². The number of hydrogen-bond donors (Lipinski definition) is 1. The Morgan fingerprint density at radius 3 is 2.38 bits per heavy atom. The highest BCUT2D eigenvalue weighted by Crippen LogP contribution is 2.47. The fraction of sp³-hybridized carbons (Fsp3) is 0.321. The molecule has 1 N–H and O–H groups in total. The molecule has 1 heterocycles. The van der Waals surface area contributed by atoms with Crippen LogP contribution in [0, 0.1) is 17.2 Å². The zero-order valence-corrected chi connectivity index (χ0v) is 23.1. The molecular weight excluding hydrogens is 549 g/mol. The number of nitrogens with zero attached hydrogens (tertiary/aromatic N) is 2. The molecule has 192 valence electrons. The van der Waals surface area contributed by atoms with Gasteiger partial charge in [0.1, 0.15) is 0 Å². The summed E-state index contributed by atoms with van der Waals surface area (Å²) in [4.78, 5) is 2.47. The Kier molecular flexibility index (Phi) is 7.46. The largest absolute Gasteiger partial charge is 0.364 e. The highest BCUT2D eigenvalue weighted by atomic mass is 35.5. The molecule has 0 amide bonds. The monoisotopic (exact) mass is 573 g/mol. The van der Waals surface area contributed by atoms with Gasteiger partial charge in [-0.15, -0.1) is 0 Å². The molecule has 1 saturated heterocycles. The average molecular weight is 575 g/mol. The molecule has 0 bridgehead atoms. The first-order chi connectivity index (χ1) is 17.7. The van der Waals surface area contributed by atoms with Crippen molar-refractivity contribution >= 4 is 50.5 Å². The van der Waals surface area contributed by atoms with Crippen LogP contribution in [0.4, 0.5) is 5.69 Å². The number of rotatable bonds is 7. The minimum atomic E-state index is -3.73. The molecule has 0 spiro atoms. The molecular formula is C28H26Cl3N3O2S. The van der Waals surface area contributed by atoms with Gasteiger partial charge in [0.05, 0.1) is 22.6 Å². The highest BCUT2D eigenvalue weighted by molar-refractivity contribution is 7.89. The van der Waals surface area contributed by atoms with Gasteiger partial charge in [0.25, 0.3) is 0 Å². The molecule has 9 heteroatoms. The maximum absolute atomic E-state index is 13.1. The number of nitrogens with one attached hydrogen (secondary N) is 1. The molecule has 5 nitrogen and oxygen atoms in total. The first-order valence-corrected chi connectivity index (χ1v) is 14.8. The Balaban J connectivity index is 1.36. The van der Waals surface area contributed by atoms with E-state index in [4.69, 9.17) is 40.1 Å². The normalized spacial score (nSPS) is 20.9. The second-order valence-corrected chi connectivity index (χ2v) is 12.9. The van der Waals surface area contributed by atoms with Crippen molar-refractivity contribution in [3.8, 4) is 6.07 Å². The van der Waals surface area contributed by atoms with Crippen LogP contribution in [-0.2, 0) is 10.0 Å². The van der Waals surface area contributed by atoms with Gasteiger partial charge < -0.3 is 4.90 Å². The maximum Gasteiger partial charge on any atom is 0.241 e. The van der Waals surface area contributed by atoms with Gasteiger partial charge in [-0.25, -0.2) is 13.1 Å². The average Bonchev–Trinajstić information content (AvgIpc) is 3.62. The SMILES string of the molecule is N#Cc1cccc(S(=O)(=O)NC2(C[C@@H]3CC[C@@H](c4ccc(Cl)cc4Cl)N(c4ccc(Cl)cc4)C3)CC2)c1. The lowest BCUT2D eigenvalue weighted by atomic mass is 9.84. The molecule has 37 heavy (non-hydrogen) atoms. The number of hydrogen-bond acceptors (Lipinski definition) is 4. The molecule has 3 aromatic carbocycles. The number of anilines is 1. The summed E-state index contributed by atoms with van der Waals surface area (Å²) in [6.07, 6.45) is 4.17. The molecule has 2 fully saturated rings. The van der Waals surface area contributed by atoms with E-state index in [-0.39, 0.29) is 16.9 Å². The quantitative estimate of drug-likeness (QED) is 0.320. The van der Waals surface area contributed by atoms with Crippen molar-refractivity contribution in [1.29, 1.82) is 5.26 Å². The summed E-state index contributed by atoms with van der Waals surface area (Å²) in [7, 11) is -3.73. The number of benzene rings is 3. The van der Waals surface area contributed by atoms with Crippen molar-refractivity contribution in [2.75, 3.05) is 11.4 Å². The third-order valence-electron chi connectivity index (χ3n) is 7.32. The smallest absolute Gasteiger partial charge is 0.241 e. The molecule has 1 aliphatic heterocycles. The van der Waals surface area contributed by atoms with Gasteiger partial charge in [-0.1, -0.05) is 46.9 Å².